The fourth-order valence-corrected chi connectivity index (χ4v) is 2.35. The highest BCUT2D eigenvalue weighted by Crippen LogP contribution is 2.25. The Morgan fingerprint density at radius 2 is 1.96 bits per heavy atom. The molecule has 7 nitrogen and oxygen atoms in total. The molecule has 1 rings (SSSR count). The summed E-state index contributed by atoms with van der Waals surface area (Å²) in [6, 6.07) is 5.70. The highest BCUT2D eigenvalue weighted by molar-refractivity contribution is 6.32. The second kappa shape index (κ2) is 9.88. The van der Waals surface area contributed by atoms with Gasteiger partial charge in [-0.3, -0.25) is 9.59 Å². The molecule has 138 valence electrons. The summed E-state index contributed by atoms with van der Waals surface area (Å²) >= 11 is 6.05. The molecule has 2 unspecified atom stereocenters. The zero-order chi connectivity index (χ0) is 19.0. The quantitative estimate of drug-likeness (QED) is 0.692. The Bertz CT molecular complexity index is 623. The van der Waals surface area contributed by atoms with Crippen LogP contribution >= 0.6 is 11.6 Å². The first-order valence-electron chi connectivity index (χ1n) is 7.96. The predicted molar refractivity (Wildman–Crippen MR) is 93.7 cm³/mol. The summed E-state index contributed by atoms with van der Waals surface area (Å²) in [6.45, 7) is 4.74. The number of carboxylic acids is 1. The van der Waals surface area contributed by atoms with Crippen LogP contribution in [0.25, 0.3) is 0 Å². The van der Waals surface area contributed by atoms with Gasteiger partial charge in [0.1, 0.15) is 11.8 Å². The molecule has 0 aliphatic carbocycles. The average molecular weight is 371 g/mol. The minimum absolute atomic E-state index is 0.0638. The number of halogens is 1. The van der Waals surface area contributed by atoms with E-state index in [9.17, 15) is 19.5 Å². The number of nitrogens with one attached hydrogen (secondary N) is 1. The van der Waals surface area contributed by atoms with Crippen molar-refractivity contribution in [3.8, 4) is 5.75 Å². The molecular formula is C17H23ClN2O5. The Balaban J connectivity index is 2.93. The lowest BCUT2D eigenvalue weighted by molar-refractivity contribution is -0.152. The van der Waals surface area contributed by atoms with Gasteiger partial charge in [-0.1, -0.05) is 30.7 Å². The van der Waals surface area contributed by atoms with Crippen LogP contribution in [-0.2, 0) is 14.4 Å². The van der Waals surface area contributed by atoms with Crippen LogP contribution in [0.3, 0.4) is 0 Å². The molecule has 0 fully saturated rings. The zero-order valence-corrected chi connectivity index (χ0v) is 15.2. The number of hydrogen-bond donors (Lipinski definition) is 2. The van der Waals surface area contributed by atoms with Crippen LogP contribution in [0, 0.1) is 0 Å². The first kappa shape index (κ1) is 20.8. The molecule has 1 aromatic carbocycles. The van der Waals surface area contributed by atoms with Gasteiger partial charge in [-0.2, -0.15) is 0 Å². The molecule has 8 heteroatoms. The van der Waals surface area contributed by atoms with E-state index in [0.717, 1.165) is 0 Å². The van der Waals surface area contributed by atoms with Crippen molar-refractivity contribution in [2.75, 3.05) is 13.1 Å². The van der Waals surface area contributed by atoms with Gasteiger partial charge < -0.3 is 20.1 Å². The lowest BCUT2D eigenvalue weighted by Gasteiger charge is -2.30. The minimum Gasteiger partial charge on any atom is -0.480 e. The van der Waals surface area contributed by atoms with E-state index in [2.05, 4.69) is 5.32 Å². The van der Waals surface area contributed by atoms with Gasteiger partial charge >= 0.3 is 5.97 Å². The van der Waals surface area contributed by atoms with Crippen LogP contribution in [0.1, 0.15) is 27.2 Å². The predicted octanol–water partition coefficient (Wildman–Crippen LogP) is 1.94. The molecule has 0 radical (unpaired) electrons. The maximum atomic E-state index is 12.8. The molecule has 0 saturated heterocycles. The molecule has 0 aliphatic heterocycles. The zero-order valence-electron chi connectivity index (χ0n) is 14.5. The molecule has 0 spiro atoms. The van der Waals surface area contributed by atoms with E-state index in [1.807, 2.05) is 0 Å². The van der Waals surface area contributed by atoms with Gasteiger partial charge in [0.25, 0.3) is 5.91 Å². The average Bonchev–Trinajstić information content (AvgIpc) is 2.56. The summed E-state index contributed by atoms with van der Waals surface area (Å²) in [6.07, 6.45) is -0.536. The van der Waals surface area contributed by atoms with E-state index >= 15 is 0 Å². The Hall–Kier alpha value is -2.28. The summed E-state index contributed by atoms with van der Waals surface area (Å²) in [4.78, 5) is 36.3. The monoisotopic (exact) mass is 370 g/mol. The third kappa shape index (κ3) is 6.26. The van der Waals surface area contributed by atoms with Gasteiger partial charge in [0, 0.05) is 20.0 Å². The third-order valence-electron chi connectivity index (χ3n) is 3.59. The van der Waals surface area contributed by atoms with Crippen molar-refractivity contribution in [3.05, 3.63) is 29.3 Å². The standard InChI is InChI=1S/C17H23ClN2O5/c1-4-14(25-15-8-6-5-7-13(15)18)16(22)20(11(2)17(23)24)10-9-19-12(3)21/h5-8,11,14H,4,9-10H2,1-3H3,(H,19,21)(H,23,24). The molecule has 2 N–H and O–H groups in total. The topological polar surface area (TPSA) is 95.9 Å². The van der Waals surface area contributed by atoms with E-state index in [1.165, 1.54) is 18.7 Å². The van der Waals surface area contributed by atoms with Gasteiger partial charge in [0.05, 0.1) is 5.02 Å². The van der Waals surface area contributed by atoms with Crippen molar-refractivity contribution in [1.82, 2.24) is 10.2 Å². The van der Waals surface area contributed by atoms with Gasteiger partial charge in [-0.15, -0.1) is 0 Å². The SMILES string of the molecule is CCC(Oc1ccccc1Cl)C(=O)N(CCNC(C)=O)C(C)C(=O)O. The lowest BCUT2D eigenvalue weighted by atomic mass is 10.2. The fourth-order valence-electron chi connectivity index (χ4n) is 2.17. The number of rotatable bonds is 9. The number of ether oxygens (including phenoxy) is 1. The molecule has 2 atom stereocenters. The van der Waals surface area contributed by atoms with Crippen LogP contribution in [0.2, 0.25) is 5.02 Å². The van der Waals surface area contributed by atoms with Crippen molar-refractivity contribution in [1.29, 1.82) is 0 Å². The van der Waals surface area contributed by atoms with Crippen molar-refractivity contribution in [2.45, 2.75) is 39.3 Å². The number of carbonyl (C=O) groups excluding carboxylic acids is 2. The fraction of sp³-hybridized carbons (Fsp3) is 0.471. The van der Waals surface area contributed by atoms with Crippen LogP contribution < -0.4 is 10.1 Å². The second-order valence-corrected chi connectivity index (χ2v) is 5.88. The van der Waals surface area contributed by atoms with Crippen LogP contribution in [0.15, 0.2) is 24.3 Å². The van der Waals surface area contributed by atoms with E-state index in [0.29, 0.717) is 17.2 Å². The first-order chi connectivity index (χ1) is 11.8. The number of carbonyl (C=O) groups is 3. The molecule has 0 aromatic heterocycles. The molecule has 0 saturated carbocycles. The lowest BCUT2D eigenvalue weighted by Crippen LogP contribution is -2.51. The van der Waals surface area contributed by atoms with Crippen molar-refractivity contribution >= 4 is 29.4 Å². The Morgan fingerprint density at radius 3 is 2.48 bits per heavy atom. The number of amides is 2. The van der Waals surface area contributed by atoms with Gasteiger partial charge in [-0.05, 0) is 25.5 Å². The number of carboxylic acid groups (broad SMARTS) is 1. The Kier molecular flexibility index (Phi) is 8.21. The second-order valence-electron chi connectivity index (χ2n) is 5.47. The highest BCUT2D eigenvalue weighted by atomic mass is 35.5. The summed E-state index contributed by atoms with van der Waals surface area (Å²) < 4.78 is 5.69. The van der Waals surface area contributed by atoms with Crippen molar-refractivity contribution in [2.24, 2.45) is 0 Å². The summed E-state index contributed by atoms with van der Waals surface area (Å²) in [5, 5.41) is 12.2. The van der Waals surface area contributed by atoms with Crippen LogP contribution in [0.5, 0.6) is 5.75 Å². The highest BCUT2D eigenvalue weighted by Gasteiger charge is 2.31. The normalized spacial score (nSPS) is 12.8. The maximum absolute atomic E-state index is 12.8. The molecule has 0 heterocycles. The Labute approximate surface area is 151 Å². The summed E-state index contributed by atoms with van der Waals surface area (Å²) in [5.74, 6) is -1.50. The van der Waals surface area contributed by atoms with Crippen LogP contribution in [-0.4, -0.2) is 53.0 Å². The maximum Gasteiger partial charge on any atom is 0.326 e. The summed E-state index contributed by atoms with van der Waals surface area (Å²) in [7, 11) is 0. The van der Waals surface area contributed by atoms with Crippen molar-refractivity contribution < 1.29 is 24.2 Å². The summed E-state index contributed by atoms with van der Waals surface area (Å²) in [5.41, 5.74) is 0. The molecule has 0 aliphatic rings. The van der Waals surface area contributed by atoms with E-state index < -0.39 is 24.0 Å². The van der Waals surface area contributed by atoms with E-state index in [4.69, 9.17) is 16.3 Å². The smallest absolute Gasteiger partial charge is 0.326 e. The van der Waals surface area contributed by atoms with E-state index in [1.54, 1.807) is 31.2 Å². The molecular weight excluding hydrogens is 348 g/mol. The van der Waals surface area contributed by atoms with Crippen molar-refractivity contribution in [3.63, 3.8) is 0 Å². The number of benzene rings is 1. The van der Waals surface area contributed by atoms with Gasteiger partial charge in [0.15, 0.2) is 6.10 Å². The van der Waals surface area contributed by atoms with E-state index in [-0.39, 0.29) is 19.0 Å². The largest absolute Gasteiger partial charge is 0.480 e. The molecule has 0 bridgehead atoms. The number of hydrogen-bond acceptors (Lipinski definition) is 4. The minimum atomic E-state index is -1.14. The first-order valence-corrected chi connectivity index (χ1v) is 8.34. The van der Waals surface area contributed by atoms with Crippen LogP contribution in [0.4, 0.5) is 0 Å². The number of para-hydroxylation sites is 1. The van der Waals surface area contributed by atoms with Gasteiger partial charge in [-0.25, -0.2) is 4.79 Å². The third-order valence-corrected chi connectivity index (χ3v) is 3.90. The molecule has 1 aromatic rings. The molecule has 25 heavy (non-hydrogen) atoms. The number of aliphatic carboxylic acids is 1. The Morgan fingerprint density at radius 1 is 1.32 bits per heavy atom. The molecule has 2 amide bonds. The number of nitrogens with zero attached hydrogens (tertiary/aromatic N) is 1. The van der Waals surface area contributed by atoms with Gasteiger partial charge in [0.2, 0.25) is 5.91 Å².